The number of anilines is 1. The van der Waals surface area contributed by atoms with Gasteiger partial charge in [0, 0.05) is 6.54 Å². The third kappa shape index (κ3) is 4.27. The molecule has 1 amide bonds. The lowest BCUT2D eigenvalue weighted by Gasteiger charge is -2.29. The lowest BCUT2D eigenvalue weighted by Crippen LogP contribution is -2.47. The van der Waals surface area contributed by atoms with Gasteiger partial charge in [-0.05, 0) is 70.2 Å². The molecular formula is C23H27N3O3S. The average molecular weight is 426 g/mol. The molecule has 2 aromatic carbocycles. The molecule has 3 aromatic rings. The lowest BCUT2D eigenvalue weighted by molar-refractivity contribution is -0.127. The maximum Gasteiger partial charge on any atom is 0.273 e. The van der Waals surface area contributed by atoms with Crippen molar-refractivity contribution in [3.63, 3.8) is 0 Å². The highest BCUT2D eigenvalue weighted by molar-refractivity contribution is 7.22. The first-order valence-corrected chi connectivity index (χ1v) is 11.0. The molecule has 1 unspecified atom stereocenters. The van der Waals surface area contributed by atoms with Crippen LogP contribution in [-0.4, -0.2) is 55.7 Å². The number of ether oxygens (including phenoxy) is 2. The van der Waals surface area contributed by atoms with E-state index in [1.807, 2.05) is 38.4 Å². The average Bonchev–Trinajstić information content (AvgIpc) is 3.14. The fraction of sp³-hybridized carbons (Fsp3) is 0.391. The molecule has 0 saturated heterocycles. The number of para-hydroxylation sites is 2. The van der Waals surface area contributed by atoms with E-state index in [1.165, 1.54) is 11.1 Å². The van der Waals surface area contributed by atoms with Gasteiger partial charge < -0.3 is 14.4 Å². The summed E-state index contributed by atoms with van der Waals surface area (Å²) in [5, 5.41) is 0.713. The molecular weight excluding hydrogens is 398 g/mol. The van der Waals surface area contributed by atoms with Crippen LogP contribution in [0.5, 0.6) is 11.5 Å². The lowest BCUT2D eigenvalue weighted by atomic mass is 10.1. The third-order valence-electron chi connectivity index (χ3n) is 5.08. The van der Waals surface area contributed by atoms with Crippen LogP contribution in [0.4, 0.5) is 5.13 Å². The minimum atomic E-state index is -0.686. The quantitative estimate of drug-likeness (QED) is 0.597. The van der Waals surface area contributed by atoms with Gasteiger partial charge in [0.25, 0.3) is 5.91 Å². The van der Waals surface area contributed by atoms with Crippen molar-refractivity contribution in [1.29, 1.82) is 0 Å². The van der Waals surface area contributed by atoms with Crippen molar-refractivity contribution in [3.05, 3.63) is 47.5 Å². The van der Waals surface area contributed by atoms with Gasteiger partial charge in [-0.1, -0.05) is 29.5 Å². The van der Waals surface area contributed by atoms with E-state index >= 15 is 0 Å². The number of fused-ring (bicyclic) bond motifs is 2. The first-order chi connectivity index (χ1) is 14.4. The second kappa shape index (κ2) is 8.62. The molecule has 1 aliphatic rings. The minimum Gasteiger partial charge on any atom is -0.485 e. The smallest absolute Gasteiger partial charge is 0.273 e. The molecule has 30 heavy (non-hydrogen) atoms. The minimum absolute atomic E-state index is 0.114. The van der Waals surface area contributed by atoms with E-state index in [0.29, 0.717) is 23.2 Å². The number of hydrogen-bond donors (Lipinski definition) is 0. The van der Waals surface area contributed by atoms with Gasteiger partial charge in [-0.15, -0.1) is 0 Å². The summed E-state index contributed by atoms with van der Waals surface area (Å²) in [7, 11) is 4.07. The predicted molar refractivity (Wildman–Crippen MR) is 121 cm³/mol. The predicted octanol–water partition coefficient (Wildman–Crippen LogP) is 4.04. The topological polar surface area (TPSA) is 54.9 Å². The Bertz CT molecular complexity index is 1060. The fourth-order valence-corrected chi connectivity index (χ4v) is 4.69. The number of benzene rings is 2. The Morgan fingerprint density at radius 1 is 1.17 bits per heavy atom. The normalized spacial score (nSPS) is 15.6. The molecule has 4 rings (SSSR count). The Labute approximate surface area is 181 Å². The molecule has 1 aliphatic heterocycles. The molecule has 0 fully saturated rings. The molecule has 1 aromatic heterocycles. The Morgan fingerprint density at radius 3 is 2.70 bits per heavy atom. The summed E-state index contributed by atoms with van der Waals surface area (Å²) >= 11 is 1.56. The molecule has 1 atom stereocenters. The Kier molecular flexibility index (Phi) is 5.92. The third-order valence-corrected chi connectivity index (χ3v) is 6.31. The van der Waals surface area contributed by atoms with Crippen LogP contribution in [0.15, 0.2) is 36.4 Å². The summed E-state index contributed by atoms with van der Waals surface area (Å²) in [5.74, 6) is 1.16. The number of aryl methyl sites for hydroxylation is 2. The Hall–Kier alpha value is -2.64. The standard InChI is InChI=1S/C23H27N3O3S/c1-15-12-16(2)21-17(13-15)24-23(30-21)26(11-7-10-25(3)4)22(27)20-14-28-18-8-5-6-9-19(18)29-20/h5-6,8-9,12-13,20H,7,10-11,14H2,1-4H3. The molecule has 0 spiro atoms. The van der Waals surface area contributed by atoms with Crippen LogP contribution in [-0.2, 0) is 4.79 Å². The van der Waals surface area contributed by atoms with Crippen molar-refractivity contribution < 1.29 is 14.3 Å². The number of carbonyl (C=O) groups excluding carboxylic acids is 1. The zero-order valence-electron chi connectivity index (χ0n) is 17.8. The number of carbonyl (C=O) groups is 1. The number of hydrogen-bond acceptors (Lipinski definition) is 6. The number of thiazole rings is 1. The van der Waals surface area contributed by atoms with E-state index in [0.717, 1.165) is 23.2 Å². The summed E-state index contributed by atoms with van der Waals surface area (Å²) in [6, 6.07) is 11.7. The number of amides is 1. The van der Waals surface area contributed by atoms with E-state index in [2.05, 4.69) is 30.9 Å². The van der Waals surface area contributed by atoms with Crippen molar-refractivity contribution in [3.8, 4) is 11.5 Å². The van der Waals surface area contributed by atoms with Crippen LogP contribution in [0.1, 0.15) is 17.5 Å². The largest absolute Gasteiger partial charge is 0.485 e. The van der Waals surface area contributed by atoms with Crippen molar-refractivity contribution in [1.82, 2.24) is 9.88 Å². The maximum atomic E-state index is 13.5. The van der Waals surface area contributed by atoms with E-state index in [9.17, 15) is 4.79 Å². The maximum absolute atomic E-state index is 13.5. The Morgan fingerprint density at radius 2 is 1.93 bits per heavy atom. The van der Waals surface area contributed by atoms with Crippen LogP contribution in [0.3, 0.4) is 0 Å². The van der Waals surface area contributed by atoms with E-state index in [-0.39, 0.29) is 12.5 Å². The van der Waals surface area contributed by atoms with Crippen LogP contribution in [0.2, 0.25) is 0 Å². The number of nitrogens with zero attached hydrogens (tertiary/aromatic N) is 3. The van der Waals surface area contributed by atoms with Gasteiger partial charge in [-0.2, -0.15) is 0 Å². The highest BCUT2D eigenvalue weighted by Crippen LogP contribution is 2.35. The first kappa shape index (κ1) is 20.6. The van der Waals surface area contributed by atoms with Crippen LogP contribution in [0.25, 0.3) is 10.2 Å². The molecule has 2 heterocycles. The van der Waals surface area contributed by atoms with E-state index < -0.39 is 6.10 Å². The summed E-state index contributed by atoms with van der Waals surface area (Å²) in [5.41, 5.74) is 3.28. The van der Waals surface area contributed by atoms with Gasteiger partial charge in [-0.3, -0.25) is 9.69 Å². The van der Waals surface area contributed by atoms with Crippen molar-refractivity contribution >= 4 is 32.6 Å². The van der Waals surface area contributed by atoms with Gasteiger partial charge >= 0.3 is 0 Å². The van der Waals surface area contributed by atoms with Crippen LogP contribution >= 0.6 is 11.3 Å². The number of rotatable bonds is 6. The highest BCUT2D eigenvalue weighted by atomic mass is 32.1. The molecule has 0 saturated carbocycles. The highest BCUT2D eigenvalue weighted by Gasteiger charge is 2.33. The van der Waals surface area contributed by atoms with Gasteiger partial charge in [0.2, 0.25) is 6.10 Å². The van der Waals surface area contributed by atoms with E-state index in [1.54, 1.807) is 16.2 Å². The van der Waals surface area contributed by atoms with Gasteiger partial charge in [-0.25, -0.2) is 4.98 Å². The van der Waals surface area contributed by atoms with Gasteiger partial charge in [0.1, 0.15) is 6.61 Å². The van der Waals surface area contributed by atoms with Crippen molar-refractivity contribution in [2.75, 3.05) is 38.7 Å². The zero-order chi connectivity index (χ0) is 21.3. The van der Waals surface area contributed by atoms with Gasteiger partial charge in [0.05, 0.1) is 10.2 Å². The van der Waals surface area contributed by atoms with Crippen LogP contribution < -0.4 is 14.4 Å². The summed E-state index contributed by atoms with van der Waals surface area (Å²) < 4.78 is 12.9. The molecule has 0 bridgehead atoms. The first-order valence-electron chi connectivity index (χ1n) is 10.1. The van der Waals surface area contributed by atoms with Crippen molar-refractivity contribution in [2.45, 2.75) is 26.4 Å². The zero-order valence-corrected chi connectivity index (χ0v) is 18.7. The monoisotopic (exact) mass is 425 g/mol. The van der Waals surface area contributed by atoms with Crippen LogP contribution in [0, 0.1) is 13.8 Å². The van der Waals surface area contributed by atoms with Crippen molar-refractivity contribution in [2.24, 2.45) is 0 Å². The molecule has 0 N–H and O–H groups in total. The summed E-state index contributed by atoms with van der Waals surface area (Å²) in [6.07, 6.45) is 0.158. The SMILES string of the molecule is Cc1cc(C)c2sc(N(CCCN(C)C)C(=O)C3COc4ccccc4O3)nc2c1. The molecule has 0 aliphatic carbocycles. The second-order valence-corrected chi connectivity index (χ2v) is 8.91. The molecule has 158 valence electrons. The fourth-order valence-electron chi connectivity index (χ4n) is 3.64. The molecule has 0 radical (unpaired) electrons. The summed E-state index contributed by atoms with van der Waals surface area (Å²) in [6.45, 7) is 5.82. The second-order valence-electron chi connectivity index (χ2n) is 7.94. The molecule has 6 nitrogen and oxygen atoms in total. The van der Waals surface area contributed by atoms with E-state index in [4.69, 9.17) is 14.5 Å². The molecule has 7 heteroatoms. The summed E-state index contributed by atoms with van der Waals surface area (Å²) in [4.78, 5) is 22.2. The number of aromatic nitrogens is 1. The Balaban J connectivity index is 1.63. The van der Waals surface area contributed by atoms with Gasteiger partial charge in [0.15, 0.2) is 16.6 Å².